The van der Waals surface area contributed by atoms with E-state index in [9.17, 15) is 0 Å². The van der Waals surface area contributed by atoms with Crippen LogP contribution in [-0.4, -0.2) is 21.5 Å². The van der Waals surface area contributed by atoms with Crippen LogP contribution in [0, 0.1) is 0 Å². The fourth-order valence-corrected chi connectivity index (χ4v) is 2.03. The van der Waals surface area contributed by atoms with Gasteiger partial charge in [-0.05, 0) is 24.5 Å². The van der Waals surface area contributed by atoms with Gasteiger partial charge >= 0.3 is 0 Å². The van der Waals surface area contributed by atoms with Gasteiger partial charge in [-0.15, -0.1) is 0 Å². The van der Waals surface area contributed by atoms with Gasteiger partial charge in [0, 0.05) is 37.8 Å². The van der Waals surface area contributed by atoms with Crippen molar-refractivity contribution in [3.8, 4) is 0 Å². The lowest BCUT2D eigenvalue weighted by atomic mass is 10.1. The first-order valence-electron chi connectivity index (χ1n) is 7.31. The fraction of sp³-hybridized carbons (Fsp3) is 0.438. The van der Waals surface area contributed by atoms with Crippen LogP contribution < -0.4 is 5.32 Å². The summed E-state index contributed by atoms with van der Waals surface area (Å²) < 4.78 is 0. The van der Waals surface area contributed by atoms with E-state index in [2.05, 4.69) is 40.2 Å². The van der Waals surface area contributed by atoms with Gasteiger partial charge < -0.3 is 5.32 Å². The minimum absolute atomic E-state index is 0.799. The molecule has 2 aromatic heterocycles. The van der Waals surface area contributed by atoms with Gasteiger partial charge in [0.1, 0.15) is 11.6 Å². The first-order valence-corrected chi connectivity index (χ1v) is 7.31. The average Bonchev–Trinajstić information content (AvgIpc) is 2.46. The maximum absolute atomic E-state index is 4.65. The largest absolute Gasteiger partial charge is 0.370 e. The minimum atomic E-state index is 0.799. The molecule has 1 N–H and O–H groups in total. The highest BCUT2D eigenvalue weighted by Crippen LogP contribution is 2.12. The molecular weight excluding hydrogens is 248 g/mol. The third kappa shape index (κ3) is 4.30. The Kier molecular flexibility index (Phi) is 5.47. The van der Waals surface area contributed by atoms with E-state index in [0.29, 0.717) is 0 Å². The quantitative estimate of drug-likeness (QED) is 0.839. The molecule has 4 nitrogen and oxygen atoms in total. The summed E-state index contributed by atoms with van der Waals surface area (Å²) >= 11 is 0. The first-order chi connectivity index (χ1) is 9.81. The summed E-state index contributed by atoms with van der Waals surface area (Å²) in [6.07, 6.45) is 7.55. The van der Waals surface area contributed by atoms with Crippen molar-refractivity contribution in [1.29, 1.82) is 0 Å². The summed E-state index contributed by atoms with van der Waals surface area (Å²) in [5.74, 6) is 1.86. The van der Waals surface area contributed by atoms with E-state index in [1.807, 2.05) is 18.3 Å². The number of aromatic nitrogens is 3. The van der Waals surface area contributed by atoms with Crippen LogP contribution in [0.5, 0.6) is 0 Å². The molecule has 2 aromatic rings. The van der Waals surface area contributed by atoms with Crippen molar-refractivity contribution in [3.63, 3.8) is 0 Å². The van der Waals surface area contributed by atoms with Gasteiger partial charge in [0.2, 0.25) is 0 Å². The van der Waals surface area contributed by atoms with E-state index in [0.717, 1.165) is 49.6 Å². The van der Waals surface area contributed by atoms with Gasteiger partial charge in [-0.3, -0.25) is 4.98 Å². The van der Waals surface area contributed by atoms with Crippen molar-refractivity contribution < 1.29 is 0 Å². The van der Waals surface area contributed by atoms with Gasteiger partial charge in [0.15, 0.2) is 0 Å². The maximum Gasteiger partial charge on any atom is 0.131 e. The monoisotopic (exact) mass is 270 g/mol. The Hall–Kier alpha value is -1.97. The zero-order chi connectivity index (χ0) is 14.2. The lowest BCUT2D eigenvalue weighted by molar-refractivity contribution is 0.815. The molecule has 0 radical (unpaired) electrons. The van der Waals surface area contributed by atoms with E-state index < -0.39 is 0 Å². The van der Waals surface area contributed by atoms with Crippen LogP contribution in [0.2, 0.25) is 0 Å². The molecule has 0 aliphatic rings. The standard InChI is InChI=1S/C16H22N4/c1-3-6-15-19-14(10-13-7-5-9-17-12-13)11-16(20-15)18-8-4-2/h5,7,9,11-12H,3-4,6,8,10H2,1-2H3,(H,18,19,20). The van der Waals surface area contributed by atoms with E-state index in [-0.39, 0.29) is 0 Å². The van der Waals surface area contributed by atoms with E-state index >= 15 is 0 Å². The molecule has 0 saturated heterocycles. The number of nitrogens with one attached hydrogen (secondary N) is 1. The SMILES string of the molecule is CCCNc1cc(Cc2cccnc2)nc(CCC)n1. The van der Waals surface area contributed by atoms with Crippen LogP contribution in [-0.2, 0) is 12.8 Å². The molecule has 20 heavy (non-hydrogen) atoms. The number of pyridine rings is 1. The lowest BCUT2D eigenvalue weighted by Gasteiger charge is -2.09. The summed E-state index contributed by atoms with van der Waals surface area (Å²) in [5, 5.41) is 3.35. The molecule has 0 aromatic carbocycles. The highest BCUT2D eigenvalue weighted by molar-refractivity contribution is 5.37. The van der Waals surface area contributed by atoms with E-state index in [1.165, 1.54) is 5.56 Å². The molecular formula is C16H22N4. The van der Waals surface area contributed by atoms with Crippen LogP contribution >= 0.6 is 0 Å². The Balaban J connectivity index is 2.19. The Bertz CT molecular complexity index is 525. The predicted molar refractivity (Wildman–Crippen MR) is 81.9 cm³/mol. The predicted octanol–water partition coefficient (Wildman–Crippen LogP) is 3.24. The summed E-state index contributed by atoms with van der Waals surface area (Å²) in [5.41, 5.74) is 2.23. The molecule has 106 valence electrons. The smallest absolute Gasteiger partial charge is 0.131 e. The molecule has 0 bridgehead atoms. The molecule has 0 aliphatic carbocycles. The molecule has 0 spiro atoms. The third-order valence-electron chi connectivity index (χ3n) is 2.96. The molecule has 0 saturated carbocycles. The highest BCUT2D eigenvalue weighted by atomic mass is 15.0. The average molecular weight is 270 g/mol. The Morgan fingerprint density at radius 3 is 2.75 bits per heavy atom. The summed E-state index contributed by atoms with van der Waals surface area (Å²) in [4.78, 5) is 13.4. The Morgan fingerprint density at radius 2 is 2.05 bits per heavy atom. The van der Waals surface area contributed by atoms with Crippen molar-refractivity contribution in [1.82, 2.24) is 15.0 Å². The van der Waals surface area contributed by atoms with Gasteiger partial charge in [-0.2, -0.15) is 0 Å². The summed E-state index contributed by atoms with van der Waals surface area (Å²) in [6.45, 7) is 5.24. The van der Waals surface area contributed by atoms with Gasteiger partial charge in [0.25, 0.3) is 0 Å². The molecule has 2 heterocycles. The number of anilines is 1. The number of rotatable bonds is 7. The normalized spacial score (nSPS) is 10.5. The van der Waals surface area contributed by atoms with Crippen molar-refractivity contribution in [2.75, 3.05) is 11.9 Å². The molecule has 0 fully saturated rings. The summed E-state index contributed by atoms with van der Waals surface area (Å²) in [6, 6.07) is 6.08. The molecule has 0 atom stereocenters. The van der Waals surface area contributed by atoms with Crippen LogP contribution in [0.15, 0.2) is 30.6 Å². The number of hydrogen-bond acceptors (Lipinski definition) is 4. The highest BCUT2D eigenvalue weighted by Gasteiger charge is 2.05. The van der Waals surface area contributed by atoms with Crippen molar-refractivity contribution >= 4 is 5.82 Å². The fourth-order valence-electron chi connectivity index (χ4n) is 2.03. The Labute approximate surface area is 120 Å². The minimum Gasteiger partial charge on any atom is -0.370 e. The zero-order valence-corrected chi connectivity index (χ0v) is 12.3. The van der Waals surface area contributed by atoms with Crippen LogP contribution in [0.3, 0.4) is 0 Å². The van der Waals surface area contributed by atoms with Crippen LogP contribution in [0.4, 0.5) is 5.82 Å². The second-order valence-corrected chi connectivity index (χ2v) is 4.88. The molecule has 0 unspecified atom stereocenters. The number of aryl methyl sites for hydroxylation is 1. The van der Waals surface area contributed by atoms with Gasteiger partial charge in [-0.1, -0.05) is 19.9 Å². The third-order valence-corrected chi connectivity index (χ3v) is 2.96. The molecule has 2 rings (SSSR count). The second kappa shape index (κ2) is 7.58. The van der Waals surface area contributed by atoms with Gasteiger partial charge in [0.05, 0.1) is 5.69 Å². The maximum atomic E-state index is 4.65. The Morgan fingerprint density at radius 1 is 1.15 bits per heavy atom. The van der Waals surface area contributed by atoms with Gasteiger partial charge in [-0.25, -0.2) is 9.97 Å². The number of hydrogen-bond donors (Lipinski definition) is 1. The van der Waals surface area contributed by atoms with E-state index in [4.69, 9.17) is 0 Å². The lowest BCUT2D eigenvalue weighted by Crippen LogP contribution is -2.07. The van der Waals surface area contributed by atoms with Crippen LogP contribution in [0.25, 0.3) is 0 Å². The van der Waals surface area contributed by atoms with Crippen LogP contribution in [0.1, 0.15) is 43.8 Å². The first kappa shape index (κ1) is 14.4. The van der Waals surface area contributed by atoms with Crippen molar-refractivity contribution in [2.45, 2.75) is 39.5 Å². The second-order valence-electron chi connectivity index (χ2n) is 4.88. The number of nitrogens with zero attached hydrogens (tertiary/aromatic N) is 3. The molecule has 4 heteroatoms. The zero-order valence-electron chi connectivity index (χ0n) is 12.3. The van der Waals surface area contributed by atoms with Crippen molar-refractivity contribution in [3.05, 3.63) is 47.7 Å². The summed E-state index contributed by atoms with van der Waals surface area (Å²) in [7, 11) is 0. The molecule has 0 amide bonds. The van der Waals surface area contributed by atoms with Crippen molar-refractivity contribution in [2.24, 2.45) is 0 Å². The topological polar surface area (TPSA) is 50.7 Å². The molecule has 0 aliphatic heterocycles. The van der Waals surface area contributed by atoms with E-state index in [1.54, 1.807) is 6.20 Å².